The van der Waals surface area contributed by atoms with E-state index >= 15 is 0 Å². The molecule has 4 heteroatoms. The zero-order valence-electron chi connectivity index (χ0n) is 10.6. The molecule has 2 unspecified atom stereocenters. The number of nitrogens with zero attached hydrogens (tertiary/aromatic N) is 1. The molecule has 98 valence electrons. The molecule has 0 saturated carbocycles. The molecule has 2 atom stereocenters. The maximum atomic E-state index is 12.0. The van der Waals surface area contributed by atoms with Gasteiger partial charge in [-0.05, 0) is 24.1 Å². The van der Waals surface area contributed by atoms with Crippen molar-refractivity contribution in [3.05, 3.63) is 34.9 Å². The SMILES string of the molecule is CC(CN)C(=O)N1CCC(c2ccc(Cl)cc2)C1. The Morgan fingerprint density at radius 2 is 2.17 bits per heavy atom. The van der Waals surface area contributed by atoms with E-state index in [9.17, 15) is 4.79 Å². The Hall–Kier alpha value is -1.06. The van der Waals surface area contributed by atoms with Gasteiger partial charge < -0.3 is 10.6 Å². The Morgan fingerprint density at radius 3 is 2.78 bits per heavy atom. The van der Waals surface area contributed by atoms with Crippen LogP contribution in [0.3, 0.4) is 0 Å². The van der Waals surface area contributed by atoms with Crippen LogP contribution >= 0.6 is 11.6 Å². The minimum atomic E-state index is -0.0750. The molecular weight excluding hydrogens is 248 g/mol. The van der Waals surface area contributed by atoms with Crippen LogP contribution in [0, 0.1) is 5.92 Å². The van der Waals surface area contributed by atoms with Gasteiger partial charge in [0.15, 0.2) is 0 Å². The van der Waals surface area contributed by atoms with Gasteiger partial charge in [-0.3, -0.25) is 4.79 Å². The standard InChI is InChI=1S/C14H19ClN2O/c1-10(8-16)14(18)17-7-6-12(9-17)11-2-4-13(15)5-3-11/h2-5,10,12H,6-9,16H2,1H3. The second kappa shape index (κ2) is 5.72. The lowest BCUT2D eigenvalue weighted by molar-refractivity contribution is -0.133. The highest BCUT2D eigenvalue weighted by molar-refractivity contribution is 6.30. The third-order valence-electron chi connectivity index (χ3n) is 3.62. The van der Waals surface area contributed by atoms with Crippen LogP contribution in [0.25, 0.3) is 0 Å². The van der Waals surface area contributed by atoms with Crippen LogP contribution in [0.1, 0.15) is 24.8 Å². The van der Waals surface area contributed by atoms with Crippen molar-refractivity contribution in [3.8, 4) is 0 Å². The Morgan fingerprint density at radius 1 is 1.50 bits per heavy atom. The normalized spacial score (nSPS) is 21.1. The first kappa shape index (κ1) is 13.4. The van der Waals surface area contributed by atoms with E-state index in [0.29, 0.717) is 12.5 Å². The summed E-state index contributed by atoms with van der Waals surface area (Å²) in [5, 5.41) is 0.751. The number of rotatable bonds is 3. The second-order valence-corrected chi connectivity index (χ2v) is 5.39. The number of hydrogen-bond acceptors (Lipinski definition) is 2. The number of halogens is 1. The van der Waals surface area contributed by atoms with Gasteiger partial charge >= 0.3 is 0 Å². The van der Waals surface area contributed by atoms with Crippen LogP contribution in [-0.4, -0.2) is 30.4 Å². The summed E-state index contributed by atoms with van der Waals surface area (Å²) < 4.78 is 0. The highest BCUT2D eigenvalue weighted by Gasteiger charge is 2.29. The fourth-order valence-electron chi connectivity index (χ4n) is 2.38. The molecule has 0 spiro atoms. The van der Waals surface area contributed by atoms with E-state index in [1.54, 1.807) is 0 Å². The number of carbonyl (C=O) groups is 1. The van der Waals surface area contributed by atoms with Gasteiger partial charge in [0.05, 0.1) is 0 Å². The summed E-state index contributed by atoms with van der Waals surface area (Å²) in [5.41, 5.74) is 6.80. The zero-order chi connectivity index (χ0) is 13.1. The number of nitrogens with two attached hydrogens (primary N) is 1. The molecule has 2 N–H and O–H groups in total. The lowest BCUT2D eigenvalue weighted by atomic mass is 9.99. The van der Waals surface area contributed by atoms with Crippen LogP contribution in [-0.2, 0) is 4.79 Å². The van der Waals surface area contributed by atoms with E-state index in [4.69, 9.17) is 17.3 Å². The van der Waals surface area contributed by atoms with Crippen molar-refractivity contribution in [2.75, 3.05) is 19.6 Å². The lowest BCUT2D eigenvalue weighted by Crippen LogP contribution is -2.36. The van der Waals surface area contributed by atoms with Crippen LogP contribution in [0.15, 0.2) is 24.3 Å². The minimum Gasteiger partial charge on any atom is -0.342 e. The van der Waals surface area contributed by atoms with E-state index in [2.05, 4.69) is 0 Å². The van der Waals surface area contributed by atoms with Gasteiger partial charge in [-0.2, -0.15) is 0 Å². The van der Waals surface area contributed by atoms with Gasteiger partial charge in [0, 0.05) is 36.5 Å². The van der Waals surface area contributed by atoms with Crippen molar-refractivity contribution < 1.29 is 4.79 Å². The van der Waals surface area contributed by atoms with E-state index in [0.717, 1.165) is 24.5 Å². The van der Waals surface area contributed by atoms with E-state index < -0.39 is 0 Å². The highest BCUT2D eigenvalue weighted by atomic mass is 35.5. The summed E-state index contributed by atoms with van der Waals surface area (Å²) >= 11 is 5.88. The molecule has 1 saturated heterocycles. The summed E-state index contributed by atoms with van der Waals surface area (Å²) in [6.07, 6.45) is 1.02. The van der Waals surface area contributed by atoms with Crippen molar-refractivity contribution in [1.29, 1.82) is 0 Å². The predicted molar refractivity (Wildman–Crippen MR) is 73.6 cm³/mol. The fourth-order valence-corrected chi connectivity index (χ4v) is 2.51. The predicted octanol–water partition coefficient (Wildman–Crippen LogP) is 2.25. The maximum absolute atomic E-state index is 12.0. The Balaban J connectivity index is 2.00. The summed E-state index contributed by atoms with van der Waals surface area (Å²) in [5.74, 6) is 0.527. The topological polar surface area (TPSA) is 46.3 Å². The molecule has 0 aliphatic carbocycles. The monoisotopic (exact) mass is 266 g/mol. The summed E-state index contributed by atoms with van der Waals surface area (Å²) in [7, 11) is 0. The van der Waals surface area contributed by atoms with E-state index in [1.165, 1.54) is 5.56 Å². The smallest absolute Gasteiger partial charge is 0.226 e. The average Bonchev–Trinajstić information content (AvgIpc) is 2.87. The first-order valence-corrected chi connectivity index (χ1v) is 6.74. The molecule has 1 heterocycles. The van der Waals surface area contributed by atoms with Crippen molar-refractivity contribution in [2.45, 2.75) is 19.3 Å². The molecule has 1 aromatic rings. The Bertz CT molecular complexity index is 418. The molecule has 1 fully saturated rings. The molecule has 0 radical (unpaired) electrons. The largest absolute Gasteiger partial charge is 0.342 e. The molecule has 1 amide bonds. The quantitative estimate of drug-likeness (QED) is 0.912. The number of carbonyl (C=O) groups excluding carboxylic acids is 1. The average molecular weight is 267 g/mol. The Kier molecular flexibility index (Phi) is 4.25. The number of hydrogen-bond donors (Lipinski definition) is 1. The lowest BCUT2D eigenvalue weighted by Gasteiger charge is -2.20. The van der Waals surface area contributed by atoms with Crippen molar-refractivity contribution >= 4 is 17.5 Å². The van der Waals surface area contributed by atoms with Gasteiger partial charge in [-0.1, -0.05) is 30.7 Å². The molecule has 1 aromatic carbocycles. The molecule has 0 bridgehead atoms. The third kappa shape index (κ3) is 2.85. The number of benzene rings is 1. The van der Waals surface area contributed by atoms with E-state index in [-0.39, 0.29) is 11.8 Å². The maximum Gasteiger partial charge on any atom is 0.226 e. The molecule has 1 aliphatic rings. The van der Waals surface area contributed by atoms with Gasteiger partial charge in [0.2, 0.25) is 5.91 Å². The molecule has 1 aliphatic heterocycles. The molecule has 18 heavy (non-hydrogen) atoms. The molecule has 2 rings (SSSR count). The van der Waals surface area contributed by atoms with Gasteiger partial charge in [-0.25, -0.2) is 0 Å². The summed E-state index contributed by atoms with van der Waals surface area (Å²) in [6, 6.07) is 7.91. The third-order valence-corrected chi connectivity index (χ3v) is 3.87. The fraction of sp³-hybridized carbons (Fsp3) is 0.500. The molecule has 0 aromatic heterocycles. The first-order chi connectivity index (χ1) is 8.61. The van der Waals surface area contributed by atoms with Crippen LogP contribution in [0.4, 0.5) is 0 Å². The van der Waals surface area contributed by atoms with E-state index in [1.807, 2.05) is 36.1 Å². The number of amides is 1. The van der Waals surface area contributed by atoms with Crippen molar-refractivity contribution in [2.24, 2.45) is 11.7 Å². The van der Waals surface area contributed by atoms with Crippen LogP contribution in [0.2, 0.25) is 5.02 Å². The second-order valence-electron chi connectivity index (χ2n) is 4.96. The van der Waals surface area contributed by atoms with Crippen molar-refractivity contribution in [1.82, 2.24) is 4.90 Å². The van der Waals surface area contributed by atoms with Crippen LogP contribution in [0.5, 0.6) is 0 Å². The van der Waals surface area contributed by atoms with Gasteiger partial charge in [0.25, 0.3) is 0 Å². The van der Waals surface area contributed by atoms with Crippen LogP contribution < -0.4 is 5.73 Å². The van der Waals surface area contributed by atoms with Crippen molar-refractivity contribution in [3.63, 3.8) is 0 Å². The summed E-state index contributed by atoms with van der Waals surface area (Å²) in [6.45, 7) is 3.93. The number of likely N-dealkylation sites (tertiary alicyclic amines) is 1. The molecular formula is C14H19ClN2O. The first-order valence-electron chi connectivity index (χ1n) is 6.36. The zero-order valence-corrected chi connectivity index (χ0v) is 11.4. The van der Waals surface area contributed by atoms with Gasteiger partial charge in [0.1, 0.15) is 0 Å². The molecule has 3 nitrogen and oxygen atoms in total. The Labute approximate surface area is 113 Å². The highest BCUT2D eigenvalue weighted by Crippen LogP contribution is 2.28. The minimum absolute atomic E-state index is 0.0750. The van der Waals surface area contributed by atoms with Gasteiger partial charge in [-0.15, -0.1) is 0 Å². The summed E-state index contributed by atoms with van der Waals surface area (Å²) in [4.78, 5) is 14.0.